The van der Waals surface area contributed by atoms with Crippen molar-refractivity contribution in [2.24, 2.45) is 0 Å². The predicted molar refractivity (Wildman–Crippen MR) is 283 cm³/mol. The molecular formula is C60H92O6. The van der Waals surface area contributed by atoms with Crippen molar-refractivity contribution in [2.75, 3.05) is 13.2 Å². The molecule has 0 aromatic carbocycles. The summed E-state index contributed by atoms with van der Waals surface area (Å²) in [7, 11) is 0. The van der Waals surface area contributed by atoms with E-state index in [9.17, 15) is 14.4 Å². The molecule has 0 bridgehead atoms. The molecule has 0 heterocycles. The molecule has 0 fully saturated rings. The van der Waals surface area contributed by atoms with Gasteiger partial charge in [0, 0.05) is 19.3 Å². The summed E-state index contributed by atoms with van der Waals surface area (Å²) >= 11 is 0. The highest BCUT2D eigenvalue weighted by atomic mass is 16.6. The largest absolute Gasteiger partial charge is 0.462 e. The Kier molecular flexibility index (Phi) is 49.1. The maximum Gasteiger partial charge on any atom is 0.306 e. The average molecular weight is 909 g/mol. The van der Waals surface area contributed by atoms with Gasteiger partial charge in [-0.15, -0.1) is 0 Å². The Morgan fingerprint density at radius 3 is 1.14 bits per heavy atom. The summed E-state index contributed by atoms with van der Waals surface area (Å²) in [5.41, 5.74) is 0. The van der Waals surface area contributed by atoms with Crippen molar-refractivity contribution in [3.8, 4) is 0 Å². The molecule has 0 saturated carbocycles. The number of ether oxygens (including phenoxy) is 3. The predicted octanol–water partition coefficient (Wildman–Crippen LogP) is 17.3. The van der Waals surface area contributed by atoms with E-state index in [1.54, 1.807) is 0 Å². The van der Waals surface area contributed by atoms with E-state index in [-0.39, 0.29) is 37.5 Å². The molecule has 1 unspecified atom stereocenters. The van der Waals surface area contributed by atoms with Gasteiger partial charge in [0.1, 0.15) is 13.2 Å². The van der Waals surface area contributed by atoms with Gasteiger partial charge in [-0.05, 0) is 103 Å². The van der Waals surface area contributed by atoms with Crippen LogP contribution in [0.3, 0.4) is 0 Å². The molecule has 1 atom stereocenters. The van der Waals surface area contributed by atoms with Crippen molar-refractivity contribution in [1.82, 2.24) is 0 Å². The molecule has 66 heavy (non-hydrogen) atoms. The number of hydrogen-bond donors (Lipinski definition) is 0. The molecule has 0 aliphatic carbocycles. The smallest absolute Gasteiger partial charge is 0.306 e. The van der Waals surface area contributed by atoms with Crippen molar-refractivity contribution in [1.29, 1.82) is 0 Å². The van der Waals surface area contributed by atoms with Gasteiger partial charge in [-0.1, -0.05) is 218 Å². The first-order valence-electron chi connectivity index (χ1n) is 25.9. The first-order valence-corrected chi connectivity index (χ1v) is 25.9. The molecular weight excluding hydrogens is 817 g/mol. The van der Waals surface area contributed by atoms with Crippen LogP contribution in [0.15, 0.2) is 146 Å². The zero-order chi connectivity index (χ0) is 47.9. The van der Waals surface area contributed by atoms with E-state index in [0.717, 1.165) is 128 Å². The first kappa shape index (κ1) is 61.3. The van der Waals surface area contributed by atoms with Gasteiger partial charge in [0.25, 0.3) is 0 Å². The summed E-state index contributed by atoms with van der Waals surface area (Å²) in [5, 5.41) is 0. The lowest BCUT2D eigenvalue weighted by Gasteiger charge is -2.18. The van der Waals surface area contributed by atoms with E-state index in [0.29, 0.717) is 19.3 Å². The van der Waals surface area contributed by atoms with Gasteiger partial charge >= 0.3 is 17.9 Å². The molecule has 6 nitrogen and oxygen atoms in total. The van der Waals surface area contributed by atoms with Crippen LogP contribution in [0.1, 0.15) is 194 Å². The molecule has 0 spiro atoms. The minimum absolute atomic E-state index is 0.126. The van der Waals surface area contributed by atoms with Gasteiger partial charge in [0.2, 0.25) is 0 Å². The number of esters is 3. The Balaban J connectivity index is 4.59. The number of carbonyl (C=O) groups excluding carboxylic acids is 3. The molecule has 0 rings (SSSR count). The van der Waals surface area contributed by atoms with E-state index < -0.39 is 6.10 Å². The van der Waals surface area contributed by atoms with Crippen LogP contribution >= 0.6 is 0 Å². The third kappa shape index (κ3) is 50.3. The third-order valence-corrected chi connectivity index (χ3v) is 10.2. The van der Waals surface area contributed by atoms with Gasteiger partial charge in [-0.25, -0.2) is 0 Å². The zero-order valence-electron chi connectivity index (χ0n) is 41.9. The summed E-state index contributed by atoms with van der Waals surface area (Å²) in [6.45, 7) is 6.24. The summed E-state index contributed by atoms with van der Waals surface area (Å²) < 4.78 is 16.7. The van der Waals surface area contributed by atoms with Gasteiger partial charge in [-0.3, -0.25) is 14.4 Å². The van der Waals surface area contributed by atoms with Crippen LogP contribution in [0.25, 0.3) is 0 Å². The number of allylic oxidation sites excluding steroid dienone is 24. The lowest BCUT2D eigenvalue weighted by molar-refractivity contribution is -0.167. The summed E-state index contributed by atoms with van der Waals surface area (Å²) in [6, 6.07) is 0. The van der Waals surface area contributed by atoms with Crippen molar-refractivity contribution in [3.63, 3.8) is 0 Å². The molecule has 0 radical (unpaired) electrons. The SMILES string of the molecule is CC\C=C/C=C\C=C/CCCCCCCC(=O)OCC(COC(=O)CCCCCCC\C=C/C=C\C=C/C=C\CCCCC)OC(=O)CCC/C=C\C/C=C\C/C=C\C/C=C\C/C=C\CC. The fraction of sp³-hybridized carbons (Fsp3) is 0.550. The Morgan fingerprint density at radius 1 is 0.333 bits per heavy atom. The van der Waals surface area contributed by atoms with Crippen LogP contribution in [0.4, 0.5) is 0 Å². The Hall–Kier alpha value is -4.71. The fourth-order valence-corrected chi connectivity index (χ4v) is 6.37. The van der Waals surface area contributed by atoms with Crippen LogP contribution in [-0.2, 0) is 28.6 Å². The van der Waals surface area contributed by atoms with Crippen molar-refractivity contribution in [2.45, 2.75) is 200 Å². The topological polar surface area (TPSA) is 78.9 Å². The standard InChI is InChI=1S/C60H92O6/c1-4-7-10-13-16-19-22-25-27-29-31-32-35-38-41-44-47-50-53-59(62)65-56-57(55-64-58(61)52-49-46-43-40-37-34-24-21-18-15-12-9-6-3)66-60(63)54-51-48-45-42-39-36-33-30-28-26-23-20-17-14-11-8-5-2/h8-9,11-12,15-22,24-29,31-33,36,42,45,57H,4-7,10,13-14,23,30,34-35,37-41,43-44,46-56H2,1-3H3/b11-8-,12-9-,18-15-,19-16-,20-17-,24-21-,25-22-,28-26-,29-27-,32-31-,36-33-,45-42-. The molecule has 0 aromatic heterocycles. The van der Waals surface area contributed by atoms with Crippen molar-refractivity contribution >= 4 is 17.9 Å². The molecule has 0 aliphatic rings. The molecule has 6 heteroatoms. The summed E-state index contributed by atoms with van der Waals surface area (Å²) in [6.07, 6.45) is 75.4. The van der Waals surface area contributed by atoms with Crippen molar-refractivity contribution < 1.29 is 28.6 Å². The van der Waals surface area contributed by atoms with Crippen LogP contribution in [0.2, 0.25) is 0 Å². The van der Waals surface area contributed by atoms with Gasteiger partial charge < -0.3 is 14.2 Å². The summed E-state index contributed by atoms with van der Waals surface area (Å²) in [5.74, 6) is -1.04. The number of carbonyl (C=O) groups is 3. The fourth-order valence-electron chi connectivity index (χ4n) is 6.37. The number of hydrogen-bond acceptors (Lipinski definition) is 6. The summed E-state index contributed by atoms with van der Waals surface area (Å²) in [4.78, 5) is 38.0. The minimum atomic E-state index is -0.833. The second-order valence-electron chi connectivity index (χ2n) is 16.5. The van der Waals surface area contributed by atoms with Gasteiger partial charge in [0.15, 0.2) is 6.10 Å². The maximum absolute atomic E-state index is 12.8. The Bertz CT molecular complexity index is 1510. The number of rotatable bonds is 44. The molecule has 0 amide bonds. The van der Waals surface area contributed by atoms with Crippen molar-refractivity contribution in [3.05, 3.63) is 146 Å². The van der Waals surface area contributed by atoms with E-state index in [1.807, 2.05) is 6.08 Å². The molecule has 0 saturated heterocycles. The van der Waals surface area contributed by atoms with E-state index in [1.165, 1.54) is 19.3 Å². The van der Waals surface area contributed by atoms with Crippen LogP contribution < -0.4 is 0 Å². The van der Waals surface area contributed by atoms with Crippen LogP contribution in [0, 0.1) is 0 Å². The van der Waals surface area contributed by atoms with Crippen LogP contribution in [0.5, 0.6) is 0 Å². The number of unbranched alkanes of at least 4 members (excludes halogenated alkanes) is 14. The second-order valence-corrected chi connectivity index (χ2v) is 16.5. The normalized spacial score (nSPS) is 13.3. The zero-order valence-corrected chi connectivity index (χ0v) is 41.9. The highest BCUT2D eigenvalue weighted by Crippen LogP contribution is 2.12. The highest BCUT2D eigenvalue weighted by molar-refractivity contribution is 5.71. The lowest BCUT2D eigenvalue weighted by atomic mass is 10.1. The Labute approximate surface area is 404 Å². The molecule has 0 N–H and O–H groups in total. The first-order chi connectivity index (χ1) is 32.5. The molecule has 368 valence electrons. The molecule has 0 aliphatic heterocycles. The minimum Gasteiger partial charge on any atom is -0.462 e. The maximum atomic E-state index is 12.8. The van der Waals surface area contributed by atoms with Gasteiger partial charge in [-0.2, -0.15) is 0 Å². The lowest BCUT2D eigenvalue weighted by Crippen LogP contribution is -2.30. The molecule has 0 aromatic rings. The second kappa shape index (κ2) is 52.9. The third-order valence-electron chi connectivity index (χ3n) is 10.2. The average Bonchev–Trinajstić information content (AvgIpc) is 3.31. The van der Waals surface area contributed by atoms with E-state index >= 15 is 0 Å². The van der Waals surface area contributed by atoms with E-state index in [4.69, 9.17) is 14.2 Å². The van der Waals surface area contributed by atoms with E-state index in [2.05, 4.69) is 161 Å². The Morgan fingerprint density at radius 2 is 0.682 bits per heavy atom. The van der Waals surface area contributed by atoms with Crippen LogP contribution in [-0.4, -0.2) is 37.2 Å². The quantitative estimate of drug-likeness (QED) is 0.0199. The monoisotopic (exact) mass is 909 g/mol. The highest BCUT2D eigenvalue weighted by Gasteiger charge is 2.19. The van der Waals surface area contributed by atoms with Gasteiger partial charge in [0.05, 0.1) is 0 Å².